The molecule has 0 saturated carbocycles. The van der Waals surface area contributed by atoms with Gasteiger partial charge >= 0.3 is 0 Å². The second kappa shape index (κ2) is 5.71. The van der Waals surface area contributed by atoms with E-state index in [1.54, 1.807) is 0 Å². The van der Waals surface area contributed by atoms with E-state index in [9.17, 15) is 0 Å². The van der Waals surface area contributed by atoms with Crippen LogP contribution in [0.25, 0.3) is 0 Å². The maximum absolute atomic E-state index is 5.11. The molecule has 0 bridgehead atoms. The van der Waals surface area contributed by atoms with Crippen LogP contribution in [0.1, 0.15) is 5.56 Å². The van der Waals surface area contributed by atoms with Gasteiger partial charge in [-0.2, -0.15) is 0 Å². The SMILES string of the molecule is COOCOCc1ccccc1. The molecule has 3 heteroatoms. The molecule has 0 aliphatic carbocycles. The van der Waals surface area contributed by atoms with Gasteiger partial charge in [0.2, 0.25) is 0 Å². The highest BCUT2D eigenvalue weighted by molar-refractivity contribution is 5.13. The molecule has 0 radical (unpaired) electrons. The van der Waals surface area contributed by atoms with Gasteiger partial charge in [-0.1, -0.05) is 30.3 Å². The highest BCUT2D eigenvalue weighted by atomic mass is 17.2. The predicted octanol–water partition coefficient (Wildman–Crippen LogP) is 1.74. The smallest absolute Gasteiger partial charge is 0.181 e. The first-order chi connectivity index (χ1) is 5.93. The van der Waals surface area contributed by atoms with Crippen molar-refractivity contribution in [2.75, 3.05) is 13.9 Å². The molecule has 1 rings (SSSR count). The fourth-order valence-corrected chi connectivity index (χ4v) is 0.816. The van der Waals surface area contributed by atoms with E-state index in [2.05, 4.69) is 9.78 Å². The van der Waals surface area contributed by atoms with Crippen molar-refractivity contribution in [2.45, 2.75) is 6.61 Å². The third-order valence-electron chi connectivity index (χ3n) is 1.36. The molecular weight excluding hydrogens is 156 g/mol. The minimum Gasteiger partial charge on any atom is -0.348 e. The van der Waals surface area contributed by atoms with Crippen LogP contribution in [0.5, 0.6) is 0 Å². The van der Waals surface area contributed by atoms with Gasteiger partial charge in [0.05, 0.1) is 13.7 Å². The largest absolute Gasteiger partial charge is 0.348 e. The average Bonchev–Trinajstić information content (AvgIpc) is 2.14. The Balaban J connectivity index is 2.16. The Kier molecular flexibility index (Phi) is 4.37. The number of ether oxygens (including phenoxy) is 1. The average molecular weight is 168 g/mol. The van der Waals surface area contributed by atoms with Crippen LogP contribution < -0.4 is 0 Å². The summed E-state index contributed by atoms with van der Waals surface area (Å²) < 4.78 is 5.11. The second-order valence-electron chi connectivity index (χ2n) is 2.24. The van der Waals surface area contributed by atoms with E-state index in [0.29, 0.717) is 6.61 Å². The van der Waals surface area contributed by atoms with Gasteiger partial charge in [0.25, 0.3) is 0 Å². The van der Waals surface area contributed by atoms with Crippen molar-refractivity contribution in [3.05, 3.63) is 35.9 Å². The molecule has 0 aliphatic rings. The molecule has 0 spiro atoms. The first-order valence-corrected chi connectivity index (χ1v) is 3.71. The molecule has 66 valence electrons. The summed E-state index contributed by atoms with van der Waals surface area (Å²) in [6.07, 6.45) is 0. The standard InChI is InChI=1S/C9H12O3/c1-10-12-8-11-7-9-5-3-2-4-6-9/h2-6H,7-8H2,1H3. The summed E-state index contributed by atoms with van der Waals surface area (Å²) in [4.78, 5) is 8.89. The molecule has 0 fully saturated rings. The third-order valence-corrected chi connectivity index (χ3v) is 1.36. The molecule has 0 unspecified atom stereocenters. The van der Waals surface area contributed by atoms with Crippen LogP contribution in [0.15, 0.2) is 30.3 Å². The summed E-state index contributed by atoms with van der Waals surface area (Å²) in [6.45, 7) is 0.704. The molecule has 0 saturated heterocycles. The van der Waals surface area contributed by atoms with Gasteiger partial charge in [0, 0.05) is 0 Å². The van der Waals surface area contributed by atoms with Crippen LogP contribution >= 0.6 is 0 Å². The van der Waals surface area contributed by atoms with Crippen molar-refractivity contribution in [1.82, 2.24) is 0 Å². The summed E-state index contributed by atoms with van der Waals surface area (Å²) in [6, 6.07) is 9.89. The molecule has 0 aliphatic heterocycles. The lowest BCUT2D eigenvalue weighted by Gasteiger charge is -2.02. The monoisotopic (exact) mass is 168 g/mol. The normalized spacial score (nSPS) is 10.1. The topological polar surface area (TPSA) is 27.7 Å². The van der Waals surface area contributed by atoms with Crippen LogP contribution in [-0.4, -0.2) is 13.9 Å². The summed E-state index contributed by atoms with van der Waals surface area (Å²) in [7, 11) is 1.45. The van der Waals surface area contributed by atoms with E-state index >= 15 is 0 Å². The Hall–Kier alpha value is -0.900. The molecule has 0 heterocycles. The Morgan fingerprint density at radius 1 is 1.17 bits per heavy atom. The van der Waals surface area contributed by atoms with E-state index < -0.39 is 0 Å². The zero-order valence-corrected chi connectivity index (χ0v) is 7.03. The molecule has 12 heavy (non-hydrogen) atoms. The van der Waals surface area contributed by atoms with E-state index in [-0.39, 0.29) is 6.79 Å². The second-order valence-corrected chi connectivity index (χ2v) is 2.24. The molecule has 3 nitrogen and oxygen atoms in total. The number of hydrogen-bond donors (Lipinski definition) is 0. The number of hydrogen-bond acceptors (Lipinski definition) is 3. The van der Waals surface area contributed by atoms with Crippen molar-refractivity contribution in [1.29, 1.82) is 0 Å². The van der Waals surface area contributed by atoms with Crippen molar-refractivity contribution in [2.24, 2.45) is 0 Å². The fourth-order valence-electron chi connectivity index (χ4n) is 0.816. The molecule has 1 aromatic carbocycles. The summed E-state index contributed by atoms with van der Waals surface area (Å²) >= 11 is 0. The lowest BCUT2D eigenvalue weighted by atomic mass is 10.2. The van der Waals surface area contributed by atoms with Crippen LogP contribution in [0.3, 0.4) is 0 Å². The van der Waals surface area contributed by atoms with Gasteiger partial charge in [-0.15, -0.1) is 0 Å². The van der Waals surface area contributed by atoms with E-state index in [1.807, 2.05) is 30.3 Å². The van der Waals surface area contributed by atoms with Crippen LogP contribution in [-0.2, 0) is 21.1 Å². The molecule has 0 amide bonds. The first kappa shape index (κ1) is 9.19. The van der Waals surface area contributed by atoms with Crippen LogP contribution in [0.2, 0.25) is 0 Å². The Bertz CT molecular complexity index is 198. The van der Waals surface area contributed by atoms with E-state index in [1.165, 1.54) is 7.11 Å². The lowest BCUT2D eigenvalue weighted by Crippen LogP contribution is -1.98. The van der Waals surface area contributed by atoms with Crippen molar-refractivity contribution < 1.29 is 14.5 Å². The Labute approximate surface area is 71.8 Å². The van der Waals surface area contributed by atoms with Crippen molar-refractivity contribution >= 4 is 0 Å². The molecular formula is C9H12O3. The van der Waals surface area contributed by atoms with E-state index in [4.69, 9.17) is 4.74 Å². The molecule has 1 aromatic rings. The van der Waals surface area contributed by atoms with Gasteiger partial charge < -0.3 is 4.74 Å². The number of benzene rings is 1. The van der Waals surface area contributed by atoms with Crippen molar-refractivity contribution in [3.63, 3.8) is 0 Å². The predicted molar refractivity (Wildman–Crippen MR) is 44.2 cm³/mol. The van der Waals surface area contributed by atoms with E-state index in [0.717, 1.165) is 5.56 Å². The zero-order valence-electron chi connectivity index (χ0n) is 7.03. The highest BCUT2D eigenvalue weighted by Crippen LogP contribution is 1.99. The molecule has 0 atom stereocenters. The Morgan fingerprint density at radius 2 is 1.92 bits per heavy atom. The quantitative estimate of drug-likeness (QED) is 0.290. The van der Waals surface area contributed by atoms with Gasteiger partial charge in [-0.25, -0.2) is 9.78 Å². The number of rotatable bonds is 5. The van der Waals surface area contributed by atoms with Crippen molar-refractivity contribution in [3.8, 4) is 0 Å². The zero-order chi connectivity index (χ0) is 8.65. The third kappa shape index (κ3) is 3.48. The summed E-state index contributed by atoms with van der Waals surface area (Å²) in [5, 5.41) is 0. The van der Waals surface area contributed by atoms with Gasteiger partial charge in [0.15, 0.2) is 6.79 Å². The highest BCUT2D eigenvalue weighted by Gasteiger charge is 1.90. The minimum atomic E-state index is 0.158. The van der Waals surface area contributed by atoms with Gasteiger partial charge in [-0.05, 0) is 5.56 Å². The minimum absolute atomic E-state index is 0.158. The lowest BCUT2D eigenvalue weighted by molar-refractivity contribution is -0.320. The first-order valence-electron chi connectivity index (χ1n) is 3.71. The molecule has 0 N–H and O–H groups in total. The molecule has 0 aromatic heterocycles. The summed E-state index contributed by atoms with van der Waals surface area (Å²) in [5.41, 5.74) is 1.12. The van der Waals surface area contributed by atoms with Gasteiger partial charge in [0.1, 0.15) is 0 Å². The Morgan fingerprint density at radius 3 is 2.58 bits per heavy atom. The fraction of sp³-hybridized carbons (Fsp3) is 0.333. The van der Waals surface area contributed by atoms with Crippen LogP contribution in [0, 0.1) is 0 Å². The van der Waals surface area contributed by atoms with Gasteiger partial charge in [-0.3, -0.25) is 0 Å². The summed E-state index contributed by atoms with van der Waals surface area (Å²) in [5.74, 6) is 0. The van der Waals surface area contributed by atoms with Crippen LogP contribution in [0.4, 0.5) is 0 Å². The maximum Gasteiger partial charge on any atom is 0.181 e. The maximum atomic E-state index is 5.11.